The van der Waals surface area contributed by atoms with Gasteiger partial charge in [-0.3, -0.25) is 4.79 Å². The highest BCUT2D eigenvalue weighted by atomic mass is 19.1. The number of aliphatic hydroxyl groups excluding tert-OH is 1. The van der Waals surface area contributed by atoms with Crippen molar-refractivity contribution in [2.24, 2.45) is 5.41 Å². The van der Waals surface area contributed by atoms with E-state index < -0.39 is 17.7 Å². The van der Waals surface area contributed by atoms with Crippen LogP contribution in [0.3, 0.4) is 0 Å². The van der Waals surface area contributed by atoms with Crippen LogP contribution in [0.2, 0.25) is 0 Å². The van der Waals surface area contributed by atoms with Crippen LogP contribution in [-0.4, -0.2) is 24.0 Å². The second kappa shape index (κ2) is 6.14. The van der Waals surface area contributed by atoms with E-state index in [0.717, 1.165) is 5.57 Å². The van der Waals surface area contributed by atoms with Gasteiger partial charge >= 0.3 is 5.97 Å². The Morgan fingerprint density at radius 3 is 2.48 bits per heavy atom. The lowest BCUT2D eigenvalue weighted by Crippen LogP contribution is -2.33. The highest BCUT2D eigenvalue weighted by Gasteiger charge is 2.43. The van der Waals surface area contributed by atoms with E-state index in [-0.39, 0.29) is 29.0 Å². The Hall–Kier alpha value is -2.43. The number of allylic oxidation sites excluding steroid dienone is 2. The Bertz CT molecular complexity index is 799. The minimum atomic E-state index is -0.722. The van der Waals surface area contributed by atoms with E-state index in [1.165, 1.54) is 19.2 Å². The van der Waals surface area contributed by atoms with Crippen molar-refractivity contribution in [3.63, 3.8) is 0 Å². The van der Waals surface area contributed by atoms with Gasteiger partial charge in [-0.15, -0.1) is 0 Å². The molecule has 0 aliphatic heterocycles. The fraction of sp³-hybridized carbons (Fsp3) is 0.400. The van der Waals surface area contributed by atoms with Crippen LogP contribution in [0.4, 0.5) is 4.39 Å². The number of hydrogen-bond donors (Lipinski definition) is 1. The summed E-state index contributed by atoms with van der Waals surface area (Å²) in [5.74, 6) is -1.91. The molecule has 1 N–H and O–H groups in total. The molecule has 3 rings (SSSR count). The molecule has 1 unspecified atom stereocenters. The number of benzene rings is 1. The maximum Gasteiger partial charge on any atom is 0.338 e. The van der Waals surface area contributed by atoms with Crippen molar-refractivity contribution < 1.29 is 23.8 Å². The van der Waals surface area contributed by atoms with Gasteiger partial charge in [0.25, 0.3) is 0 Å². The normalized spacial score (nSPS) is 22.7. The molecule has 2 aliphatic carbocycles. The predicted molar refractivity (Wildman–Crippen MR) is 90.5 cm³/mol. The van der Waals surface area contributed by atoms with Gasteiger partial charge in [0, 0.05) is 24.3 Å². The van der Waals surface area contributed by atoms with Gasteiger partial charge in [-0.25, -0.2) is 9.18 Å². The molecular weight excluding hydrogens is 323 g/mol. The maximum absolute atomic E-state index is 13.3. The molecule has 0 saturated carbocycles. The summed E-state index contributed by atoms with van der Waals surface area (Å²) in [4.78, 5) is 25.2. The molecule has 0 saturated heterocycles. The standard InChI is InChI=1S/C20H21FO4/c1-20(2)9-12-8-14(22)18(19(24)25-3)17(16(12)15(23)10-20)11-4-6-13(21)7-5-11/h4-7,17,22H,8-10H2,1-3H3. The minimum Gasteiger partial charge on any atom is -0.511 e. The lowest BCUT2D eigenvalue weighted by atomic mass is 9.65. The Labute approximate surface area is 146 Å². The van der Waals surface area contributed by atoms with Crippen LogP contribution in [0.1, 0.15) is 44.6 Å². The fourth-order valence-electron chi connectivity index (χ4n) is 3.93. The topological polar surface area (TPSA) is 63.6 Å². The number of methoxy groups -OCH3 is 1. The third-order valence-electron chi connectivity index (χ3n) is 4.89. The van der Waals surface area contributed by atoms with Crippen molar-refractivity contribution in [2.45, 2.75) is 39.0 Å². The Kier molecular flexibility index (Phi) is 4.27. The number of halogens is 1. The number of carbonyl (C=O) groups is 2. The highest BCUT2D eigenvalue weighted by Crippen LogP contribution is 2.49. The molecule has 0 aromatic heterocycles. The summed E-state index contributed by atoms with van der Waals surface area (Å²) in [6.07, 6.45) is 1.22. The average Bonchev–Trinajstić information content (AvgIpc) is 2.52. The first-order chi connectivity index (χ1) is 11.7. The summed E-state index contributed by atoms with van der Waals surface area (Å²) >= 11 is 0. The fourth-order valence-corrected chi connectivity index (χ4v) is 3.93. The molecule has 1 aromatic carbocycles. The van der Waals surface area contributed by atoms with Crippen molar-refractivity contribution in [1.29, 1.82) is 0 Å². The Balaban J connectivity index is 2.19. The SMILES string of the molecule is COC(=O)C1=C(O)CC2=C(C(=O)CC(C)(C)C2)C1c1ccc(F)cc1. The second-order valence-electron chi connectivity index (χ2n) is 7.47. The molecule has 5 heteroatoms. The molecule has 2 aliphatic rings. The predicted octanol–water partition coefficient (Wildman–Crippen LogP) is 3.98. The van der Waals surface area contributed by atoms with E-state index in [4.69, 9.17) is 4.74 Å². The van der Waals surface area contributed by atoms with E-state index in [0.29, 0.717) is 24.0 Å². The van der Waals surface area contributed by atoms with Gasteiger partial charge in [-0.1, -0.05) is 31.6 Å². The molecule has 25 heavy (non-hydrogen) atoms. The van der Waals surface area contributed by atoms with Crippen molar-refractivity contribution in [3.05, 3.63) is 58.1 Å². The summed E-state index contributed by atoms with van der Waals surface area (Å²) in [5, 5.41) is 10.5. The second-order valence-corrected chi connectivity index (χ2v) is 7.47. The number of esters is 1. The molecule has 4 nitrogen and oxygen atoms in total. The first-order valence-corrected chi connectivity index (χ1v) is 8.24. The molecule has 0 amide bonds. The smallest absolute Gasteiger partial charge is 0.338 e. The molecule has 0 spiro atoms. The molecule has 132 valence electrons. The number of ketones is 1. The van der Waals surface area contributed by atoms with E-state index in [9.17, 15) is 19.1 Å². The van der Waals surface area contributed by atoms with Crippen LogP contribution in [0.15, 0.2) is 46.7 Å². The van der Waals surface area contributed by atoms with Gasteiger partial charge < -0.3 is 9.84 Å². The lowest BCUT2D eigenvalue weighted by molar-refractivity contribution is -0.136. The Morgan fingerprint density at radius 1 is 1.24 bits per heavy atom. The van der Waals surface area contributed by atoms with Crippen LogP contribution in [0.5, 0.6) is 0 Å². The van der Waals surface area contributed by atoms with E-state index >= 15 is 0 Å². The average molecular weight is 344 g/mol. The first-order valence-electron chi connectivity index (χ1n) is 8.24. The highest BCUT2D eigenvalue weighted by molar-refractivity contribution is 6.04. The number of carbonyl (C=O) groups excluding carboxylic acids is 2. The quantitative estimate of drug-likeness (QED) is 0.824. The summed E-state index contributed by atoms with van der Waals surface area (Å²) in [7, 11) is 1.24. The van der Waals surface area contributed by atoms with Crippen LogP contribution in [0, 0.1) is 11.2 Å². The van der Waals surface area contributed by atoms with Crippen molar-refractivity contribution in [1.82, 2.24) is 0 Å². The van der Waals surface area contributed by atoms with Crippen LogP contribution >= 0.6 is 0 Å². The Morgan fingerprint density at radius 2 is 1.88 bits per heavy atom. The van der Waals surface area contributed by atoms with Gasteiger partial charge in [-0.2, -0.15) is 0 Å². The van der Waals surface area contributed by atoms with Gasteiger partial charge in [-0.05, 0) is 29.5 Å². The third kappa shape index (κ3) is 3.11. The number of aliphatic hydroxyl groups is 1. The van der Waals surface area contributed by atoms with Crippen LogP contribution < -0.4 is 0 Å². The molecular formula is C20H21FO4. The van der Waals surface area contributed by atoms with E-state index in [2.05, 4.69) is 0 Å². The summed E-state index contributed by atoms with van der Waals surface area (Å²) in [6.45, 7) is 4.02. The van der Waals surface area contributed by atoms with Gasteiger partial charge in [0.15, 0.2) is 5.78 Å². The molecule has 1 aromatic rings. The zero-order valence-electron chi connectivity index (χ0n) is 14.6. The first kappa shape index (κ1) is 17.4. The van der Waals surface area contributed by atoms with Gasteiger partial charge in [0.1, 0.15) is 11.6 Å². The largest absolute Gasteiger partial charge is 0.511 e. The molecule has 0 fully saturated rings. The van der Waals surface area contributed by atoms with Crippen LogP contribution in [-0.2, 0) is 14.3 Å². The number of rotatable bonds is 2. The van der Waals surface area contributed by atoms with Gasteiger partial charge in [0.2, 0.25) is 0 Å². The summed E-state index contributed by atoms with van der Waals surface area (Å²) < 4.78 is 18.2. The summed E-state index contributed by atoms with van der Waals surface area (Å²) in [6, 6.07) is 5.65. The minimum absolute atomic E-state index is 0.0329. The number of Topliss-reactive ketones (excluding diaryl/α,β-unsaturated/α-hetero) is 1. The molecule has 0 bridgehead atoms. The van der Waals surface area contributed by atoms with Crippen molar-refractivity contribution in [3.8, 4) is 0 Å². The molecule has 1 atom stereocenters. The zero-order chi connectivity index (χ0) is 18.4. The van der Waals surface area contributed by atoms with E-state index in [1.54, 1.807) is 12.1 Å². The van der Waals surface area contributed by atoms with Crippen LogP contribution in [0.25, 0.3) is 0 Å². The molecule has 0 radical (unpaired) electrons. The van der Waals surface area contributed by atoms with Crippen molar-refractivity contribution >= 4 is 11.8 Å². The summed E-state index contributed by atoms with van der Waals surface area (Å²) in [5.41, 5.74) is 1.87. The number of ether oxygens (including phenoxy) is 1. The maximum atomic E-state index is 13.3. The lowest BCUT2D eigenvalue weighted by Gasteiger charge is -2.38. The van der Waals surface area contributed by atoms with E-state index in [1.807, 2.05) is 13.8 Å². The number of hydrogen-bond acceptors (Lipinski definition) is 4. The monoisotopic (exact) mass is 344 g/mol. The molecule has 0 heterocycles. The third-order valence-corrected chi connectivity index (χ3v) is 4.89. The zero-order valence-corrected chi connectivity index (χ0v) is 14.6. The van der Waals surface area contributed by atoms with Crippen molar-refractivity contribution in [2.75, 3.05) is 7.11 Å². The van der Waals surface area contributed by atoms with Gasteiger partial charge in [0.05, 0.1) is 12.7 Å².